The summed E-state index contributed by atoms with van der Waals surface area (Å²) in [6, 6.07) is 6.95. The Labute approximate surface area is 176 Å². The highest BCUT2D eigenvalue weighted by molar-refractivity contribution is 7.90. The van der Waals surface area contributed by atoms with Crippen LogP contribution in [0.15, 0.2) is 33.6 Å². The minimum Gasteiger partial charge on any atom is -0.355 e. The summed E-state index contributed by atoms with van der Waals surface area (Å²) in [5, 5.41) is 0. The number of nitrogens with zero attached hydrogens (tertiary/aromatic N) is 3. The Morgan fingerprint density at radius 3 is 2.50 bits per heavy atom. The number of rotatable bonds is 2. The average molecular weight is 434 g/mol. The van der Waals surface area contributed by atoms with Crippen molar-refractivity contribution in [3.63, 3.8) is 0 Å². The summed E-state index contributed by atoms with van der Waals surface area (Å²) >= 11 is 0. The second kappa shape index (κ2) is 7.94. The van der Waals surface area contributed by atoms with E-state index in [1.165, 1.54) is 0 Å². The van der Waals surface area contributed by atoms with Crippen molar-refractivity contribution in [2.45, 2.75) is 49.3 Å². The monoisotopic (exact) mass is 433 g/mol. The molecule has 0 bridgehead atoms. The van der Waals surface area contributed by atoms with Gasteiger partial charge in [-0.2, -0.15) is 8.42 Å². The third-order valence-corrected chi connectivity index (χ3v) is 7.88. The Balaban J connectivity index is 1.26. The van der Waals surface area contributed by atoms with E-state index in [1.807, 2.05) is 15.9 Å². The maximum Gasteiger partial charge on any atom is 0.285 e. The van der Waals surface area contributed by atoms with Gasteiger partial charge >= 0.3 is 0 Å². The van der Waals surface area contributed by atoms with Gasteiger partial charge in [0.25, 0.3) is 10.0 Å². The molecule has 8 nitrogen and oxygen atoms in total. The largest absolute Gasteiger partial charge is 0.355 e. The predicted molar refractivity (Wildman–Crippen MR) is 110 cm³/mol. The number of benzene rings is 1. The SMILES string of the molecule is O=C(C1CCN(C2=NS(=O)(=O)c3ccccc32)CC1)N1CCCCC1C1OCCO1. The van der Waals surface area contributed by atoms with Gasteiger partial charge in [0.2, 0.25) is 5.91 Å². The molecule has 162 valence electrons. The van der Waals surface area contributed by atoms with Gasteiger partial charge in [-0.1, -0.05) is 12.1 Å². The molecule has 5 rings (SSSR count). The molecule has 4 aliphatic rings. The molecule has 9 heteroatoms. The van der Waals surface area contributed by atoms with Crippen LogP contribution < -0.4 is 0 Å². The van der Waals surface area contributed by atoms with Gasteiger partial charge in [-0.15, -0.1) is 4.40 Å². The second-order valence-corrected chi connectivity index (χ2v) is 9.92. The van der Waals surface area contributed by atoms with E-state index < -0.39 is 10.0 Å². The fraction of sp³-hybridized carbons (Fsp3) is 0.619. The number of amidine groups is 1. The number of sulfonamides is 1. The van der Waals surface area contributed by atoms with Crippen LogP contribution in [0, 0.1) is 5.92 Å². The van der Waals surface area contributed by atoms with Crippen molar-refractivity contribution in [3.8, 4) is 0 Å². The van der Waals surface area contributed by atoms with E-state index in [2.05, 4.69) is 4.40 Å². The highest BCUT2D eigenvalue weighted by Gasteiger charge is 2.40. The molecule has 4 aliphatic heterocycles. The first-order chi connectivity index (χ1) is 14.5. The zero-order valence-electron chi connectivity index (χ0n) is 16.9. The summed E-state index contributed by atoms with van der Waals surface area (Å²) in [5.41, 5.74) is 0.661. The number of fused-ring (bicyclic) bond motifs is 1. The topological polar surface area (TPSA) is 88.5 Å². The lowest BCUT2D eigenvalue weighted by molar-refractivity contribution is -0.155. The number of carbonyl (C=O) groups excluding carboxylic acids is 1. The van der Waals surface area contributed by atoms with E-state index in [1.54, 1.807) is 18.2 Å². The quantitative estimate of drug-likeness (QED) is 0.704. The normalized spacial score (nSPS) is 27.2. The van der Waals surface area contributed by atoms with Gasteiger partial charge in [0.1, 0.15) is 4.90 Å². The Morgan fingerprint density at radius 1 is 1.00 bits per heavy atom. The Kier molecular flexibility index (Phi) is 5.28. The summed E-state index contributed by atoms with van der Waals surface area (Å²) in [6.45, 7) is 3.18. The van der Waals surface area contributed by atoms with Gasteiger partial charge in [0.15, 0.2) is 12.1 Å². The van der Waals surface area contributed by atoms with Gasteiger partial charge < -0.3 is 19.3 Å². The molecule has 1 unspecified atom stereocenters. The lowest BCUT2D eigenvalue weighted by Gasteiger charge is -2.41. The van der Waals surface area contributed by atoms with E-state index in [0.29, 0.717) is 50.5 Å². The van der Waals surface area contributed by atoms with Gasteiger partial charge in [-0.3, -0.25) is 4.79 Å². The molecule has 1 amide bonds. The molecule has 0 aliphatic carbocycles. The molecule has 30 heavy (non-hydrogen) atoms. The maximum absolute atomic E-state index is 13.3. The van der Waals surface area contributed by atoms with Gasteiger partial charge in [-0.25, -0.2) is 0 Å². The van der Waals surface area contributed by atoms with Gasteiger partial charge in [0, 0.05) is 31.1 Å². The molecule has 0 spiro atoms. The number of amides is 1. The molecule has 1 aromatic carbocycles. The fourth-order valence-electron chi connectivity index (χ4n) is 5.00. The van der Waals surface area contributed by atoms with Gasteiger partial charge in [-0.05, 0) is 44.2 Å². The van der Waals surface area contributed by atoms with E-state index in [0.717, 1.165) is 25.8 Å². The van der Waals surface area contributed by atoms with Crippen molar-refractivity contribution in [2.24, 2.45) is 10.3 Å². The summed E-state index contributed by atoms with van der Waals surface area (Å²) in [4.78, 5) is 17.6. The number of ether oxygens (including phenoxy) is 2. The van der Waals surface area contributed by atoms with Crippen LogP contribution in [0.3, 0.4) is 0 Å². The fourth-order valence-corrected chi connectivity index (χ4v) is 6.23. The van der Waals surface area contributed by atoms with Crippen molar-refractivity contribution in [1.82, 2.24) is 9.80 Å². The number of piperidine rings is 2. The zero-order chi connectivity index (χ0) is 20.7. The highest BCUT2D eigenvalue weighted by atomic mass is 32.2. The Hall–Kier alpha value is -1.97. The molecule has 0 N–H and O–H groups in total. The van der Waals surface area contributed by atoms with Crippen LogP contribution in [0.1, 0.15) is 37.7 Å². The Morgan fingerprint density at radius 2 is 1.73 bits per heavy atom. The van der Waals surface area contributed by atoms with Crippen LogP contribution in [0.2, 0.25) is 0 Å². The Bertz CT molecular complexity index is 949. The smallest absolute Gasteiger partial charge is 0.285 e. The number of likely N-dealkylation sites (tertiary alicyclic amines) is 2. The average Bonchev–Trinajstić information content (AvgIpc) is 3.40. The third-order valence-electron chi connectivity index (χ3n) is 6.55. The molecule has 4 heterocycles. The predicted octanol–water partition coefficient (Wildman–Crippen LogP) is 1.60. The van der Waals surface area contributed by atoms with Crippen LogP contribution in [-0.2, 0) is 24.3 Å². The molecular formula is C21H27N3O5S. The molecular weight excluding hydrogens is 406 g/mol. The molecule has 1 atom stereocenters. The van der Waals surface area contributed by atoms with Crippen molar-refractivity contribution in [3.05, 3.63) is 29.8 Å². The summed E-state index contributed by atoms with van der Waals surface area (Å²) in [5.74, 6) is 0.636. The first kappa shape index (κ1) is 20.0. The first-order valence-electron chi connectivity index (χ1n) is 10.8. The molecule has 0 radical (unpaired) electrons. The molecule has 3 saturated heterocycles. The van der Waals surface area contributed by atoms with Crippen LogP contribution in [0.25, 0.3) is 0 Å². The van der Waals surface area contributed by atoms with Crippen molar-refractivity contribution in [2.75, 3.05) is 32.8 Å². The third kappa shape index (κ3) is 3.52. The number of hydrogen-bond acceptors (Lipinski definition) is 6. The van der Waals surface area contributed by atoms with E-state index in [9.17, 15) is 13.2 Å². The second-order valence-electron chi connectivity index (χ2n) is 8.35. The summed E-state index contributed by atoms with van der Waals surface area (Å²) < 4.78 is 40.1. The van der Waals surface area contributed by atoms with E-state index in [4.69, 9.17) is 9.47 Å². The molecule has 3 fully saturated rings. The first-order valence-corrected chi connectivity index (χ1v) is 12.2. The van der Waals surface area contributed by atoms with Crippen molar-refractivity contribution < 1.29 is 22.7 Å². The van der Waals surface area contributed by atoms with Crippen molar-refractivity contribution >= 4 is 21.8 Å². The molecule has 0 aromatic heterocycles. The maximum atomic E-state index is 13.3. The lowest BCUT2D eigenvalue weighted by atomic mass is 9.92. The lowest BCUT2D eigenvalue weighted by Crippen LogP contribution is -2.53. The molecule has 1 aromatic rings. The summed E-state index contributed by atoms with van der Waals surface area (Å²) in [6.07, 6.45) is 4.10. The van der Waals surface area contributed by atoms with E-state index >= 15 is 0 Å². The van der Waals surface area contributed by atoms with Gasteiger partial charge in [0.05, 0.1) is 19.3 Å². The van der Waals surface area contributed by atoms with Crippen LogP contribution >= 0.6 is 0 Å². The van der Waals surface area contributed by atoms with E-state index in [-0.39, 0.29) is 29.1 Å². The number of hydrogen-bond donors (Lipinski definition) is 0. The van der Waals surface area contributed by atoms with Crippen LogP contribution in [-0.4, -0.2) is 75.1 Å². The molecule has 0 saturated carbocycles. The minimum atomic E-state index is -3.62. The van der Waals surface area contributed by atoms with Crippen LogP contribution in [0.4, 0.5) is 0 Å². The number of carbonyl (C=O) groups is 1. The minimum absolute atomic E-state index is 0.00278. The highest BCUT2D eigenvalue weighted by Crippen LogP contribution is 2.32. The van der Waals surface area contributed by atoms with Crippen LogP contribution in [0.5, 0.6) is 0 Å². The summed E-state index contributed by atoms with van der Waals surface area (Å²) in [7, 11) is -3.62. The van der Waals surface area contributed by atoms with Crippen molar-refractivity contribution in [1.29, 1.82) is 0 Å². The zero-order valence-corrected chi connectivity index (χ0v) is 17.7. The standard InChI is InChI=1S/C21H27N3O5S/c25-20(24-10-4-3-6-17(24)21-28-13-14-29-21)15-8-11-23(12-9-15)19-16-5-1-2-7-18(16)30(26,27)22-19/h1-2,5,7,15,17,21H,3-4,6,8-14H2.